The van der Waals surface area contributed by atoms with Gasteiger partial charge >= 0.3 is 0 Å². The molecule has 2 heterocycles. The predicted octanol–water partition coefficient (Wildman–Crippen LogP) is 3.52. The molecule has 1 aromatic heterocycles. The van der Waals surface area contributed by atoms with Crippen molar-refractivity contribution in [1.29, 1.82) is 0 Å². The van der Waals surface area contributed by atoms with Crippen LogP contribution < -0.4 is 0 Å². The first-order valence-corrected chi connectivity index (χ1v) is 7.14. The molecular formula is C12H17ClN2OS. The van der Waals surface area contributed by atoms with Crippen molar-refractivity contribution in [3.05, 3.63) is 17.0 Å². The third-order valence-corrected chi connectivity index (χ3v) is 4.35. The fourth-order valence-corrected chi connectivity index (χ4v) is 3.13. The van der Waals surface area contributed by atoms with Gasteiger partial charge in [-0.05, 0) is 13.3 Å². The van der Waals surface area contributed by atoms with E-state index in [4.69, 9.17) is 16.3 Å². The van der Waals surface area contributed by atoms with Crippen LogP contribution in [0.5, 0.6) is 0 Å². The molecule has 17 heavy (non-hydrogen) atoms. The molecule has 1 fully saturated rings. The van der Waals surface area contributed by atoms with E-state index in [1.807, 2.05) is 6.07 Å². The van der Waals surface area contributed by atoms with E-state index in [0.29, 0.717) is 16.3 Å². The summed E-state index contributed by atoms with van der Waals surface area (Å²) in [6.45, 7) is 7.09. The zero-order valence-electron chi connectivity index (χ0n) is 10.3. The van der Waals surface area contributed by atoms with Crippen LogP contribution in [0.2, 0.25) is 5.15 Å². The smallest absolute Gasteiger partial charge is 0.133 e. The summed E-state index contributed by atoms with van der Waals surface area (Å²) in [4.78, 5) is 8.78. The fraction of sp³-hybridized carbons (Fsp3) is 0.667. The molecule has 0 amide bonds. The van der Waals surface area contributed by atoms with Crippen molar-refractivity contribution < 1.29 is 4.74 Å². The van der Waals surface area contributed by atoms with Crippen LogP contribution >= 0.6 is 23.4 Å². The minimum absolute atomic E-state index is 0.288. The van der Waals surface area contributed by atoms with Crippen LogP contribution in [0.3, 0.4) is 0 Å². The van der Waals surface area contributed by atoms with Gasteiger partial charge in [-0.25, -0.2) is 9.97 Å². The van der Waals surface area contributed by atoms with Crippen LogP contribution in [0.15, 0.2) is 11.1 Å². The average Bonchev–Trinajstić information content (AvgIpc) is 2.63. The van der Waals surface area contributed by atoms with E-state index >= 15 is 0 Å². The van der Waals surface area contributed by atoms with Gasteiger partial charge in [-0.2, -0.15) is 0 Å². The molecule has 1 aliphatic heterocycles. The van der Waals surface area contributed by atoms with Gasteiger partial charge in [-0.3, -0.25) is 0 Å². The Morgan fingerprint density at radius 2 is 2.24 bits per heavy atom. The van der Waals surface area contributed by atoms with E-state index in [-0.39, 0.29) is 6.10 Å². The average molecular weight is 273 g/mol. The van der Waals surface area contributed by atoms with Gasteiger partial charge in [0.1, 0.15) is 16.0 Å². The van der Waals surface area contributed by atoms with Crippen molar-refractivity contribution >= 4 is 23.4 Å². The van der Waals surface area contributed by atoms with E-state index in [9.17, 15) is 0 Å². The Bertz CT molecular complexity index is 400. The lowest BCUT2D eigenvalue weighted by Gasteiger charge is -2.14. The first-order valence-electron chi connectivity index (χ1n) is 5.89. The van der Waals surface area contributed by atoms with E-state index in [0.717, 1.165) is 23.9 Å². The van der Waals surface area contributed by atoms with Crippen LogP contribution in [0, 0.1) is 0 Å². The summed E-state index contributed by atoms with van der Waals surface area (Å²) in [6.07, 6.45) is 1.36. The van der Waals surface area contributed by atoms with Gasteiger partial charge in [0, 0.05) is 23.8 Å². The Morgan fingerprint density at radius 1 is 1.47 bits per heavy atom. The Hall–Kier alpha value is -0.320. The van der Waals surface area contributed by atoms with Crippen molar-refractivity contribution in [2.75, 3.05) is 6.61 Å². The van der Waals surface area contributed by atoms with Crippen molar-refractivity contribution in [3.8, 4) is 0 Å². The SMILES string of the molecule is CC(C)c1nc(Cl)cc(SC2CCOC2C)n1. The lowest BCUT2D eigenvalue weighted by molar-refractivity contribution is 0.127. The molecule has 2 atom stereocenters. The Labute approximate surface area is 111 Å². The number of thioether (sulfide) groups is 1. The lowest BCUT2D eigenvalue weighted by Crippen LogP contribution is -2.13. The van der Waals surface area contributed by atoms with Crippen molar-refractivity contribution in [2.24, 2.45) is 0 Å². The number of ether oxygens (including phenoxy) is 1. The normalized spacial score (nSPS) is 24.5. The number of hydrogen-bond acceptors (Lipinski definition) is 4. The van der Waals surface area contributed by atoms with E-state index < -0.39 is 0 Å². The molecule has 0 aliphatic carbocycles. The van der Waals surface area contributed by atoms with Crippen LogP contribution in [-0.4, -0.2) is 27.9 Å². The lowest BCUT2D eigenvalue weighted by atomic mass is 10.2. The molecule has 0 aromatic carbocycles. The monoisotopic (exact) mass is 272 g/mol. The van der Waals surface area contributed by atoms with Crippen molar-refractivity contribution in [1.82, 2.24) is 9.97 Å². The number of aromatic nitrogens is 2. The summed E-state index contributed by atoms with van der Waals surface area (Å²) >= 11 is 7.76. The zero-order valence-corrected chi connectivity index (χ0v) is 11.9. The topological polar surface area (TPSA) is 35.0 Å². The highest BCUT2D eigenvalue weighted by molar-refractivity contribution is 7.99. The number of rotatable bonds is 3. The highest BCUT2D eigenvalue weighted by atomic mass is 35.5. The highest BCUT2D eigenvalue weighted by Gasteiger charge is 2.26. The van der Waals surface area contributed by atoms with Gasteiger partial charge in [0.15, 0.2) is 0 Å². The summed E-state index contributed by atoms with van der Waals surface area (Å²) in [5.74, 6) is 1.11. The third-order valence-electron chi connectivity index (χ3n) is 2.78. The van der Waals surface area contributed by atoms with Gasteiger partial charge in [-0.15, -0.1) is 11.8 Å². The maximum atomic E-state index is 6.02. The largest absolute Gasteiger partial charge is 0.377 e. The Kier molecular flexibility index (Phi) is 4.28. The Balaban J connectivity index is 2.15. The zero-order chi connectivity index (χ0) is 12.4. The minimum Gasteiger partial charge on any atom is -0.377 e. The van der Waals surface area contributed by atoms with Gasteiger partial charge in [0.05, 0.1) is 6.10 Å². The van der Waals surface area contributed by atoms with E-state index in [2.05, 4.69) is 30.7 Å². The molecule has 2 rings (SSSR count). The summed E-state index contributed by atoms with van der Waals surface area (Å²) < 4.78 is 5.55. The first kappa shape index (κ1) is 13.1. The first-order chi connectivity index (χ1) is 8.06. The minimum atomic E-state index is 0.288. The number of hydrogen-bond donors (Lipinski definition) is 0. The van der Waals surface area contributed by atoms with Gasteiger partial charge in [0.25, 0.3) is 0 Å². The molecule has 2 unspecified atom stereocenters. The molecule has 94 valence electrons. The summed E-state index contributed by atoms with van der Waals surface area (Å²) in [7, 11) is 0. The van der Waals surface area contributed by atoms with Crippen LogP contribution in [-0.2, 0) is 4.74 Å². The molecular weight excluding hydrogens is 256 g/mol. The van der Waals surface area contributed by atoms with Crippen molar-refractivity contribution in [3.63, 3.8) is 0 Å². The molecule has 1 aromatic rings. The molecule has 0 radical (unpaired) electrons. The van der Waals surface area contributed by atoms with Gasteiger partial charge in [-0.1, -0.05) is 25.4 Å². The molecule has 0 spiro atoms. The summed E-state index contributed by atoms with van der Waals surface area (Å²) in [5, 5.41) is 1.95. The van der Waals surface area contributed by atoms with Gasteiger partial charge < -0.3 is 4.74 Å². The number of nitrogens with zero attached hydrogens (tertiary/aromatic N) is 2. The van der Waals surface area contributed by atoms with E-state index in [1.54, 1.807) is 11.8 Å². The quantitative estimate of drug-likeness (QED) is 0.789. The van der Waals surface area contributed by atoms with Crippen molar-refractivity contribution in [2.45, 2.75) is 49.5 Å². The molecule has 0 N–H and O–H groups in total. The van der Waals surface area contributed by atoms with Crippen LogP contribution in [0.1, 0.15) is 38.9 Å². The molecule has 1 aliphatic rings. The molecule has 5 heteroatoms. The highest BCUT2D eigenvalue weighted by Crippen LogP contribution is 2.32. The second-order valence-corrected chi connectivity index (χ2v) is 6.21. The second kappa shape index (κ2) is 5.55. The standard InChI is InChI=1S/C12H17ClN2OS/c1-7(2)12-14-10(13)6-11(15-12)17-9-4-5-16-8(9)3/h6-9H,4-5H2,1-3H3. The van der Waals surface area contributed by atoms with Crippen LogP contribution in [0.25, 0.3) is 0 Å². The molecule has 0 bridgehead atoms. The summed E-state index contributed by atoms with van der Waals surface area (Å²) in [5.41, 5.74) is 0. The number of halogens is 1. The third kappa shape index (κ3) is 3.33. The molecule has 3 nitrogen and oxygen atoms in total. The van der Waals surface area contributed by atoms with Crippen LogP contribution in [0.4, 0.5) is 0 Å². The molecule has 1 saturated heterocycles. The van der Waals surface area contributed by atoms with Gasteiger partial charge in [0.2, 0.25) is 0 Å². The fourth-order valence-electron chi connectivity index (χ4n) is 1.75. The predicted molar refractivity (Wildman–Crippen MR) is 70.8 cm³/mol. The maximum absolute atomic E-state index is 6.02. The van der Waals surface area contributed by atoms with E-state index in [1.165, 1.54) is 0 Å². The Morgan fingerprint density at radius 3 is 2.82 bits per heavy atom. The maximum Gasteiger partial charge on any atom is 0.133 e. The summed E-state index contributed by atoms with van der Waals surface area (Å²) in [6, 6.07) is 1.84. The second-order valence-electron chi connectivity index (χ2n) is 4.56. The molecule has 0 saturated carbocycles.